The molecule has 3 heteroatoms. The van der Waals surface area contributed by atoms with E-state index in [1.165, 1.54) is 5.46 Å². The van der Waals surface area contributed by atoms with Crippen molar-refractivity contribution in [2.45, 2.75) is 24.7 Å². The van der Waals surface area contributed by atoms with Gasteiger partial charge in [-0.15, -0.1) is 0 Å². The lowest BCUT2D eigenvalue weighted by molar-refractivity contribution is 0.592. The fraction of sp³-hybridized carbons (Fsp3) is 0.400. The van der Waals surface area contributed by atoms with Gasteiger partial charge in [0, 0.05) is 0 Å². The van der Waals surface area contributed by atoms with Gasteiger partial charge in [-0.3, -0.25) is 0 Å². The highest BCUT2D eigenvalue weighted by molar-refractivity contribution is 7.91. The predicted molar refractivity (Wildman–Crippen MR) is 60.8 cm³/mol. The van der Waals surface area contributed by atoms with Gasteiger partial charge in [-0.1, -0.05) is 30.9 Å². The lowest BCUT2D eigenvalue weighted by Crippen LogP contribution is -2.10. The Morgan fingerprint density at radius 1 is 1.46 bits per heavy atom. The second-order valence-electron chi connectivity index (χ2n) is 3.22. The second kappa shape index (κ2) is 5.35. The number of rotatable bonds is 4. The van der Waals surface area contributed by atoms with Crippen LogP contribution in [0.15, 0.2) is 29.2 Å². The third-order valence-corrected chi connectivity index (χ3v) is 3.37. The van der Waals surface area contributed by atoms with Crippen LogP contribution in [0.4, 0.5) is 0 Å². The van der Waals surface area contributed by atoms with E-state index >= 15 is 0 Å². The van der Waals surface area contributed by atoms with Crippen molar-refractivity contribution < 1.29 is 4.55 Å². The summed E-state index contributed by atoms with van der Waals surface area (Å²) in [5.74, 6) is 0.792. The maximum absolute atomic E-state index is 11.7. The average Bonchev–Trinajstić information content (AvgIpc) is 2.14. The molecule has 0 heterocycles. The molecule has 13 heavy (non-hydrogen) atoms. The highest BCUT2D eigenvalue weighted by atomic mass is 32.2. The Morgan fingerprint density at radius 2 is 2.23 bits per heavy atom. The molecule has 0 aromatic heterocycles. The SMILES string of the molecule is Bc1cccc([S+]([O-])CCCC)c1. The van der Waals surface area contributed by atoms with E-state index in [4.69, 9.17) is 0 Å². The van der Waals surface area contributed by atoms with Crippen LogP contribution < -0.4 is 5.46 Å². The van der Waals surface area contributed by atoms with E-state index in [-0.39, 0.29) is 0 Å². The molecule has 0 bridgehead atoms. The maximum Gasteiger partial charge on any atom is 0.152 e. The molecule has 0 saturated heterocycles. The number of hydrogen-bond donors (Lipinski definition) is 0. The van der Waals surface area contributed by atoms with E-state index in [1.807, 2.05) is 32.1 Å². The van der Waals surface area contributed by atoms with Crippen molar-refractivity contribution >= 4 is 24.5 Å². The standard InChI is InChI=1S/C10H15BOS/c1-2-3-7-13(12)10-6-4-5-9(11)8-10/h4-6,8H,2-3,7,11H2,1H3. The molecular weight excluding hydrogens is 179 g/mol. The van der Waals surface area contributed by atoms with Crippen LogP contribution in [0.5, 0.6) is 0 Å². The van der Waals surface area contributed by atoms with Crippen LogP contribution in [0.2, 0.25) is 0 Å². The zero-order valence-electron chi connectivity index (χ0n) is 8.25. The molecule has 0 saturated carbocycles. The summed E-state index contributed by atoms with van der Waals surface area (Å²) in [5, 5.41) is 0. The van der Waals surface area contributed by atoms with Crippen LogP contribution >= 0.6 is 0 Å². The molecular formula is C10H15BOS. The number of unbranched alkanes of at least 4 members (excludes halogenated alkanes) is 1. The molecule has 0 amide bonds. The van der Waals surface area contributed by atoms with Gasteiger partial charge in [0.15, 0.2) is 4.90 Å². The molecule has 0 N–H and O–H groups in total. The Balaban J connectivity index is 2.60. The molecule has 1 aromatic carbocycles. The van der Waals surface area contributed by atoms with Crippen molar-refractivity contribution in [3.63, 3.8) is 0 Å². The van der Waals surface area contributed by atoms with Crippen LogP contribution in [-0.4, -0.2) is 18.2 Å². The summed E-state index contributed by atoms with van der Waals surface area (Å²) < 4.78 is 11.7. The third kappa shape index (κ3) is 3.45. The quantitative estimate of drug-likeness (QED) is 0.514. The van der Waals surface area contributed by atoms with E-state index < -0.39 is 11.2 Å². The molecule has 0 fully saturated rings. The summed E-state index contributed by atoms with van der Waals surface area (Å²) in [6.07, 6.45) is 2.15. The molecule has 0 spiro atoms. The van der Waals surface area contributed by atoms with Crippen molar-refractivity contribution in [1.82, 2.24) is 0 Å². The van der Waals surface area contributed by atoms with Gasteiger partial charge >= 0.3 is 0 Å². The fourth-order valence-electron chi connectivity index (χ4n) is 1.15. The van der Waals surface area contributed by atoms with E-state index in [9.17, 15) is 4.55 Å². The largest absolute Gasteiger partial charge is 0.611 e. The van der Waals surface area contributed by atoms with Crippen molar-refractivity contribution in [2.75, 3.05) is 5.75 Å². The van der Waals surface area contributed by atoms with Gasteiger partial charge in [0.1, 0.15) is 13.6 Å². The van der Waals surface area contributed by atoms with Crippen LogP contribution in [-0.2, 0) is 11.2 Å². The monoisotopic (exact) mass is 194 g/mol. The van der Waals surface area contributed by atoms with Gasteiger partial charge in [-0.05, 0) is 29.7 Å². The Bertz CT molecular complexity index is 265. The van der Waals surface area contributed by atoms with Crippen LogP contribution in [0.1, 0.15) is 19.8 Å². The van der Waals surface area contributed by atoms with Gasteiger partial charge in [0.05, 0.1) is 0 Å². The topological polar surface area (TPSA) is 23.1 Å². The Labute approximate surface area is 84.1 Å². The minimum absolute atomic E-state index is 0.792. The smallest absolute Gasteiger partial charge is 0.152 e. The average molecular weight is 194 g/mol. The summed E-state index contributed by atoms with van der Waals surface area (Å²) in [6.45, 7) is 2.12. The summed E-state index contributed by atoms with van der Waals surface area (Å²) in [7, 11) is 2.03. The van der Waals surface area contributed by atoms with Gasteiger partial charge in [-0.25, -0.2) is 0 Å². The van der Waals surface area contributed by atoms with Gasteiger partial charge in [0.25, 0.3) is 0 Å². The van der Waals surface area contributed by atoms with E-state index in [0.29, 0.717) is 0 Å². The summed E-state index contributed by atoms with van der Waals surface area (Å²) in [4.78, 5) is 0.966. The second-order valence-corrected chi connectivity index (χ2v) is 4.79. The van der Waals surface area contributed by atoms with Crippen molar-refractivity contribution in [3.8, 4) is 0 Å². The molecule has 1 nitrogen and oxygen atoms in total. The number of benzene rings is 1. The Kier molecular flexibility index (Phi) is 4.39. The van der Waals surface area contributed by atoms with E-state index in [2.05, 4.69) is 6.92 Å². The van der Waals surface area contributed by atoms with E-state index in [0.717, 1.165) is 23.5 Å². The van der Waals surface area contributed by atoms with Crippen molar-refractivity contribution in [1.29, 1.82) is 0 Å². The minimum atomic E-state index is -0.794. The highest BCUT2D eigenvalue weighted by Gasteiger charge is 2.08. The lowest BCUT2D eigenvalue weighted by atomic mass is 9.97. The third-order valence-electron chi connectivity index (χ3n) is 1.94. The molecule has 0 aliphatic carbocycles. The molecule has 70 valence electrons. The van der Waals surface area contributed by atoms with Gasteiger partial charge < -0.3 is 4.55 Å². The summed E-state index contributed by atoms with van der Waals surface area (Å²) >= 11 is -0.794. The molecule has 1 aromatic rings. The zero-order chi connectivity index (χ0) is 9.68. The van der Waals surface area contributed by atoms with Crippen LogP contribution in [0.25, 0.3) is 0 Å². The predicted octanol–water partition coefficient (Wildman–Crippen LogP) is 0.853. The minimum Gasteiger partial charge on any atom is -0.611 e. The Morgan fingerprint density at radius 3 is 2.85 bits per heavy atom. The van der Waals surface area contributed by atoms with Crippen molar-refractivity contribution in [2.24, 2.45) is 0 Å². The summed E-state index contributed by atoms with van der Waals surface area (Å²) in [5.41, 5.74) is 1.18. The first kappa shape index (κ1) is 10.7. The molecule has 1 unspecified atom stereocenters. The maximum atomic E-state index is 11.7. The zero-order valence-corrected chi connectivity index (χ0v) is 9.06. The lowest BCUT2D eigenvalue weighted by Gasteiger charge is -2.09. The number of hydrogen-bond acceptors (Lipinski definition) is 1. The first-order chi connectivity index (χ1) is 6.24. The first-order valence-corrected chi connectivity index (χ1v) is 6.01. The Hall–Kier alpha value is -0.405. The first-order valence-electron chi connectivity index (χ1n) is 4.69. The molecule has 1 rings (SSSR count). The molecule has 0 radical (unpaired) electrons. The normalized spacial score (nSPS) is 12.8. The molecule has 0 aliphatic heterocycles. The van der Waals surface area contributed by atoms with Gasteiger partial charge in [0.2, 0.25) is 0 Å². The van der Waals surface area contributed by atoms with Gasteiger partial charge in [-0.2, -0.15) is 0 Å². The fourth-order valence-corrected chi connectivity index (χ4v) is 2.48. The highest BCUT2D eigenvalue weighted by Crippen LogP contribution is 2.10. The van der Waals surface area contributed by atoms with Crippen LogP contribution in [0.3, 0.4) is 0 Å². The van der Waals surface area contributed by atoms with Crippen LogP contribution in [0, 0.1) is 0 Å². The summed E-state index contributed by atoms with van der Waals surface area (Å²) in [6, 6.07) is 7.94. The van der Waals surface area contributed by atoms with Crippen molar-refractivity contribution in [3.05, 3.63) is 24.3 Å². The molecule has 1 atom stereocenters. The van der Waals surface area contributed by atoms with E-state index in [1.54, 1.807) is 0 Å². The molecule has 0 aliphatic rings.